The minimum Gasteiger partial charge on any atom is -0.379 e. The van der Waals surface area contributed by atoms with Crippen molar-refractivity contribution in [1.82, 2.24) is 19.9 Å². The summed E-state index contributed by atoms with van der Waals surface area (Å²) in [6.45, 7) is 0. The van der Waals surface area contributed by atoms with Crippen LogP contribution >= 0.6 is 22.7 Å². The lowest BCUT2D eigenvalue weighted by molar-refractivity contribution is 0.0790. The van der Waals surface area contributed by atoms with Crippen molar-refractivity contribution < 1.29 is 5.11 Å². The fraction of sp³-hybridized carbons (Fsp3) is 0.136. The van der Waals surface area contributed by atoms with Gasteiger partial charge < -0.3 is 10.1 Å². The third-order valence-electron chi connectivity index (χ3n) is 5.57. The Kier molecular flexibility index (Phi) is 3.71. The van der Waals surface area contributed by atoms with E-state index in [2.05, 4.69) is 26.4 Å². The van der Waals surface area contributed by atoms with Gasteiger partial charge in [-0.3, -0.25) is 0 Å². The number of rotatable bonds is 3. The highest BCUT2D eigenvalue weighted by atomic mass is 32.1. The van der Waals surface area contributed by atoms with Gasteiger partial charge in [-0.25, -0.2) is 15.0 Å². The smallest absolute Gasteiger partial charge is 0.137 e. The van der Waals surface area contributed by atoms with E-state index in [0.717, 1.165) is 50.5 Å². The second-order valence-electron chi connectivity index (χ2n) is 7.21. The van der Waals surface area contributed by atoms with Crippen LogP contribution in [0.1, 0.15) is 22.6 Å². The number of nitrogens with zero attached hydrogens (tertiary/aromatic N) is 3. The fourth-order valence-electron chi connectivity index (χ4n) is 4.08. The van der Waals surface area contributed by atoms with Crippen LogP contribution < -0.4 is 0 Å². The van der Waals surface area contributed by atoms with Gasteiger partial charge in [0.05, 0.1) is 16.9 Å². The first-order chi connectivity index (χ1) is 14.2. The molecule has 0 spiro atoms. The van der Waals surface area contributed by atoms with Gasteiger partial charge in [-0.1, -0.05) is 18.2 Å². The Balaban J connectivity index is 1.40. The number of benzene rings is 1. The number of aliphatic hydroxyl groups is 1. The van der Waals surface area contributed by atoms with Crippen LogP contribution in [-0.4, -0.2) is 25.0 Å². The summed E-state index contributed by atoms with van der Waals surface area (Å²) in [5, 5.41) is 15.4. The molecule has 2 N–H and O–H groups in total. The molecule has 1 atom stereocenters. The van der Waals surface area contributed by atoms with E-state index < -0.39 is 5.60 Å². The van der Waals surface area contributed by atoms with Crippen molar-refractivity contribution >= 4 is 33.7 Å². The van der Waals surface area contributed by atoms with Gasteiger partial charge in [0.15, 0.2) is 0 Å². The minimum atomic E-state index is -1.01. The summed E-state index contributed by atoms with van der Waals surface area (Å²) < 4.78 is 0. The average molecular weight is 417 g/mol. The highest BCUT2D eigenvalue weighted by molar-refractivity contribution is 7.13. The normalized spacial score (nSPS) is 18.4. The quantitative estimate of drug-likeness (QED) is 0.434. The summed E-state index contributed by atoms with van der Waals surface area (Å²) in [7, 11) is 0. The number of hydrogen-bond acceptors (Lipinski definition) is 6. The molecule has 0 radical (unpaired) electrons. The van der Waals surface area contributed by atoms with Gasteiger partial charge in [0.2, 0.25) is 0 Å². The van der Waals surface area contributed by atoms with Gasteiger partial charge in [0.1, 0.15) is 16.3 Å². The first kappa shape index (κ1) is 17.0. The van der Waals surface area contributed by atoms with Gasteiger partial charge in [0.25, 0.3) is 0 Å². The summed E-state index contributed by atoms with van der Waals surface area (Å²) in [5.41, 5.74) is 6.33. The zero-order valence-corrected chi connectivity index (χ0v) is 16.9. The third kappa shape index (κ3) is 2.58. The molecule has 4 aromatic heterocycles. The molecule has 29 heavy (non-hydrogen) atoms. The zero-order chi connectivity index (χ0) is 19.4. The van der Waals surface area contributed by atoms with E-state index in [9.17, 15) is 5.11 Å². The predicted octanol–water partition coefficient (Wildman–Crippen LogP) is 4.99. The Labute approximate surface area is 174 Å². The van der Waals surface area contributed by atoms with E-state index in [0.29, 0.717) is 6.42 Å². The summed E-state index contributed by atoms with van der Waals surface area (Å²) in [6, 6.07) is 12.0. The van der Waals surface area contributed by atoms with E-state index in [1.807, 2.05) is 42.0 Å². The maximum Gasteiger partial charge on any atom is 0.137 e. The lowest BCUT2D eigenvalue weighted by Crippen LogP contribution is -2.24. The van der Waals surface area contributed by atoms with E-state index in [1.165, 1.54) is 4.88 Å². The molecule has 1 aromatic carbocycles. The number of nitrogens with one attached hydrogen (secondary N) is 1. The predicted molar refractivity (Wildman–Crippen MR) is 116 cm³/mol. The maximum absolute atomic E-state index is 11.4. The van der Waals surface area contributed by atoms with Crippen LogP contribution in [0.5, 0.6) is 0 Å². The molecule has 0 saturated carbocycles. The number of pyridine rings is 1. The van der Waals surface area contributed by atoms with Crippen LogP contribution in [0.15, 0.2) is 59.7 Å². The van der Waals surface area contributed by atoms with Crippen molar-refractivity contribution in [2.75, 3.05) is 0 Å². The van der Waals surface area contributed by atoms with Gasteiger partial charge in [-0.15, -0.1) is 22.7 Å². The second-order valence-corrected chi connectivity index (χ2v) is 9.00. The molecule has 5 aromatic rings. The highest BCUT2D eigenvalue weighted by Crippen LogP contribution is 2.43. The Hall–Kier alpha value is -2.87. The average Bonchev–Trinajstić information content (AvgIpc) is 3.53. The molecule has 0 aliphatic heterocycles. The number of aryl methyl sites for hydroxylation is 1. The Morgan fingerprint density at radius 2 is 2.07 bits per heavy atom. The Morgan fingerprint density at radius 3 is 3.03 bits per heavy atom. The molecule has 1 aliphatic carbocycles. The number of aromatic amines is 1. The third-order valence-corrected chi connectivity index (χ3v) is 7.34. The first-order valence-corrected chi connectivity index (χ1v) is 11.1. The van der Waals surface area contributed by atoms with Crippen molar-refractivity contribution in [3.8, 4) is 21.8 Å². The molecule has 0 unspecified atom stereocenters. The van der Waals surface area contributed by atoms with Crippen molar-refractivity contribution in [2.45, 2.75) is 18.4 Å². The summed E-state index contributed by atoms with van der Waals surface area (Å²) in [5.74, 6) is 0. The van der Waals surface area contributed by atoms with E-state index in [-0.39, 0.29) is 0 Å². The van der Waals surface area contributed by atoms with Crippen LogP contribution in [0.3, 0.4) is 0 Å². The second kappa shape index (κ2) is 6.32. The van der Waals surface area contributed by atoms with Gasteiger partial charge in [-0.2, -0.15) is 0 Å². The van der Waals surface area contributed by atoms with Crippen LogP contribution in [0.2, 0.25) is 0 Å². The standard InChI is InChI=1S/C22H16N4OS2/c27-22(7-6-18-19(22)25-12-29-18)14-4-1-3-13(9-14)17-11-28-21(26-17)16-10-24-20-15(16)5-2-8-23-20/h1-5,8-12,27H,6-7H2,(H,23,24)/t22-/m0/s1. The first-order valence-electron chi connectivity index (χ1n) is 9.36. The highest BCUT2D eigenvalue weighted by Gasteiger charge is 2.41. The number of H-pyrrole nitrogens is 1. The fourth-order valence-corrected chi connectivity index (χ4v) is 5.78. The Bertz CT molecular complexity index is 1350. The van der Waals surface area contributed by atoms with E-state index in [1.54, 1.807) is 28.9 Å². The molecule has 0 fully saturated rings. The van der Waals surface area contributed by atoms with Crippen molar-refractivity contribution in [2.24, 2.45) is 0 Å². The summed E-state index contributed by atoms with van der Waals surface area (Å²) in [4.78, 5) is 18.1. The Morgan fingerprint density at radius 1 is 1.10 bits per heavy atom. The molecule has 0 saturated heterocycles. The largest absolute Gasteiger partial charge is 0.379 e. The van der Waals surface area contributed by atoms with Gasteiger partial charge in [0, 0.05) is 39.2 Å². The lowest BCUT2D eigenvalue weighted by atomic mass is 9.90. The molecular formula is C22H16N4OS2. The number of fused-ring (bicyclic) bond motifs is 2. The van der Waals surface area contributed by atoms with E-state index in [4.69, 9.17) is 4.98 Å². The summed E-state index contributed by atoms with van der Waals surface area (Å²) in [6.07, 6.45) is 5.29. The van der Waals surface area contributed by atoms with Gasteiger partial charge >= 0.3 is 0 Å². The molecule has 5 nitrogen and oxygen atoms in total. The van der Waals surface area contributed by atoms with Crippen LogP contribution in [0.25, 0.3) is 32.9 Å². The molecule has 0 amide bonds. The maximum atomic E-state index is 11.4. The lowest BCUT2D eigenvalue weighted by Gasteiger charge is -2.23. The molecule has 4 heterocycles. The van der Waals surface area contributed by atoms with Crippen molar-refractivity contribution in [1.29, 1.82) is 0 Å². The zero-order valence-electron chi connectivity index (χ0n) is 15.3. The van der Waals surface area contributed by atoms with Gasteiger partial charge in [-0.05, 0) is 36.6 Å². The molecule has 142 valence electrons. The number of aromatic nitrogens is 4. The number of hydrogen-bond donors (Lipinski definition) is 2. The van der Waals surface area contributed by atoms with Crippen LogP contribution in [0.4, 0.5) is 0 Å². The molecule has 1 aliphatic rings. The molecule has 6 rings (SSSR count). The molecular weight excluding hydrogens is 400 g/mol. The topological polar surface area (TPSA) is 74.7 Å². The van der Waals surface area contributed by atoms with E-state index >= 15 is 0 Å². The van der Waals surface area contributed by atoms with Crippen molar-refractivity contribution in [3.05, 3.63) is 75.8 Å². The summed E-state index contributed by atoms with van der Waals surface area (Å²) >= 11 is 3.23. The number of thiazole rings is 2. The van der Waals surface area contributed by atoms with Crippen molar-refractivity contribution in [3.63, 3.8) is 0 Å². The molecule has 7 heteroatoms. The molecule has 0 bridgehead atoms. The van der Waals surface area contributed by atoms with Crippen LogP contribution in [0, 0.1) is 0 Å². The minimum absolute atomic E-state index is 0.677. The van der Waals surface area contributed by atoms with Crippen LogP contribution in [-0.2, 0) is 12.0 Å². The SMILES string of the molecule is O[C@]1(c2cccc(-c3csc(-c4c[nH]c5ncccc45)n3)c2)CCc2scnc21. The monoisotopic (exact) mass is 416 g/mol.